The second kappa shape index (κ2) is 4.98. The molecule has 0 fully saturated rings. The molecule has 17 heavy (non-hydrogen) atoms. The number of hydrogen-bond donors (Lipinski definition) is 0. The summed E-state index contributed by atoms with van der Waals surface area (Å²) < 4.78 is 6.24. The highest BCUT2D eigenvalue weighted by Crippen LogP contribution is 2.33. The van der Waals surface area contributed by atoms with Crippen molar-refractivity contribution in [1.29, 1.82) is 5.26 Å². The van der Waals surface area contributed by atoms with E-state index in [0.29, 0.717) is 5.56 Å². The minimum atomic E-state index is 0.531. The van der Waals surface area contributed by atoms with Crippen LogP contribution in [-0.2, 0) is 0 Å². The van der Waals surface area contributed by atoms with Gasteiger partial charge in [-0.2, -0.15) is 5.26 Å². The Bertz CT molecular complexity index is 590. The number of nitrogens with zero attached hydrogens (tertiary/aromatic N) is 2. The molecule has 4 heteroatoms. The van der Waals surface area contributed by atoms with E-state index < -0.39 is 0 Å². The topological polar surface area (TPSA) is 45.9 Å². The SMILES string of the molecule is COc1ccc(Br)cc1-c1ccncc1C#N. The molecule has 0 aliphatic rings. The molecule has 0 unspecified atom stereocenters. The van der Waals surface area contributed by atoms with Gasteiger partial charge < -0.3 is 4.74 Å². The molecule has 2 aromatic rings. The molecule has 0 amide bonds. The Morgan fingerprint density at radius 3 is 2.82 bits per heavy atom. The molecule has 1 aromatic carbocycles. The maximum Gasteiger partial charge on any atom is 0.126 e. The van der Waals surface area contributed by atoms with E-state index in [1.54, 1.807) is 19.5 Å². The lowest BCUT2D eigenvalue weighted by Gasteiger charge is -2.10. The third kappa shape index (κ3) is 2.29. The van der Waals surface area contributed by atoms with Crippen LogP contribution in [0.1, 0.15) is 5.56 Å². The number of nitriles is 1. The molecular formula is C13H9BrN2O. The Labute approximate surface area is 108 Å². The zero-order valence-electron chi connectivity index (χ0n) is 9.14. The normalized spacial score (nSPS) is 9.71. The van der Waals surface area contributed by atoms with Crippen LogP contribution >= 0.6 is 15.9 Å². The van der Waals surface area contributed by atoms with E-state index in [1.807, 2.05) is 24.3 Å². The number of methoxy groups -OCH3 is 1. The van der Waals surface area contributed by atoms with Gasteiger partial charge in [-0.05, 0) is 24.3 Å². The van der Waals surface area contributed by atoms with Gasteiger partial charge in [-0.25, -0.2) is 0 Å². The average molecular weight is 289 g/mol. The lowest BCUT2D eigenvalue weighted by Crippen LogP contribution is -1.91. The highest BCUT2D eigenvalue weighted by atomic mass is 79.9. The summed E-state index contributed by atoms with van der Waals surface area (Å²) in [5.41, 5.74) is 2.23. The summed E-state index contributed by atoms with van der Waals surface area (Å²) in [6.45, 7) is 0. The van der Waals surface area contributed by atoms with E-state index in [1.165, 1.54) is 0 Å². The minimum absolute atomic E-state index is 0.531. The van der Waals surface area contributed by atoms with E-state index in [4.69, 9.17) is 10.00 Å². The summed E-state index contributed by atoms with van der Waals surface area (Å²) in [4.78, 5) is 3.94. The summed E-state index contributed by atoms with van der Waals surface area (Å²) in [6, 6.07) is 9.63. The maximum absolute atomic E-state index is 9.07. The van der Waals surface area contributed by atoms with Crippen molar-refractivity contribution in [3.63, 3.8) is 0 Å². The van der Waals surface area contributed by atoms with Crippen LogP contribution in [0, 0.1) is 11.3 Å². The lowest BCUT2D eigenvalue weighted by atomic mass is 10.0. The van der Waals surface area contributed by atoms with Crippen LogP contribution in [0.4, 0.5) is 0 Å². The number of rotatable bonds is 2. The second-order valence-corrected chi connectivity index (χ2v) is 4.29. The standard InChI is InChI=1S/C13H9BrN2O/c1-17-13-3-2-10(14)6-12(13)11-4-5-16-8-9(11)7-15/h2-6,8H,1H3. The fourth-order valence-electron chi connectivity index (χ4n) is 1.61. The van der Waals surface area contributed by atoms with Crippen LogP contribution in [0.2, 0.25) is 0 Å². The molecule has 0 spiro atoms. The van der Waals surface area contributed by atoms with Crippen LogP contribution < -0.4 is 4.74 Å². The Morgan fingerprint density at radius 1 is 1.29 bits per heavy atom. The number of aromatic nitrogens is 1. The number of benzene rings is 1. The summed E-state index contributed by atoms with van der Waals surface area (Å²) in [6.07, 6.45) is 3.21. The monoisotopic (exact) mass is 288 g/mol. The van der Waals surface area contributed by atoms with E-state index in [0.717, 1.165) is 21.3 Å². The van der Waals surface area contributed by atoms with E-state index in [-0.39, 0.29) is 0 Å². The molecule has 0 radical (unpaired) electrons. The molecule has 0 atom stereocenters. The van der Waals surface area contributed by atoms with Gasteiger partial charge in [0, 0.05) is 28.0 Å². The predicted molar refractivity (Wildman–Crippen MR) is 68.6 cm³/mol. The van der Waals surface area contributed by atoms with Crippen LogP contribution in [0.25, 0.3) is 11.1 Å². The number of pyridine rings is 1. The molecule has 84 valence electrons. The van der Waals surface area contributed by atoms with Crippen molar-refractivity contribution in [1.82, 2.24) is 4.98 Å². The van der Waals surface area contributed by atoms with E-state index in [2.05, 4.69) is 27.0 Å². The van der Waals surface area contributed by atoms with Crippen molar-refractivity contribution in [3.05, 3.63) is 46.7 Å². The quantitative estimate of drug-likeness (QED) is 0.851. The third-order valence-electron chi connectivity index (χ3n) is 2.39. The molecule has 0 saturated heterocycles. The van der Waals surface area contributed by atoms with Crippen molar-refractivity contribution in [2.24, 2.45) is 0 Å². The van der Waals surface area contributed by atoms with Gasteiger partial charge in [0.1, 0.15) is 11.8 Å². The van der Waals surface area contributed by atoms with E-state index in [9.17, 15) is 0 Å². The summed E-state index contributed by atoms with van der Waals surface area (Å²) in [5, 5.41) is 9.07. The van der Waals surface area contributed by atoms with Crippen molar-refractivity contribution in [2.75, 3.05) is 7.11 Å². The van der Waals surface area contributed by atoms with Gasteiger partial charge in [-0.1, -0.05) is 15.9 Å². The highest BCUT2D eigenvalue weighted by Gasteiger charge is 2.10. The molecule has 1 heterocycles. The van der Waals surface area contributed by atoms with Crippen molar-refractivity contribution < 1.29 is 4.74 Å². The molecule has 0 bridgehead atoms. The van der Waals surface area contributed by atoms with Crippen molar-refractivity contribution in [2.45, 2.75) is 0 Å². The van der Waals surface area contributed by atoms with Crippen molar-refractivity contribution >= 4 is 15.9 Å². The van der Waals surface area contributed by atoms with Crippen LogP contribution in [0.15, 0.2) is 41.1 Å². The predicted octanol–water partition coefficient (Wildman–Crippen LogP) is 3.39. The zero-order chi connectivity index (χ0) is 12.3. The molecular weight excluding hydrogens is 280 g/mol. The Hall–Kier alpha value is -1.86. The fourth-order valence-corrected chi connectivity index (χ4v) is 1.97. The highest BCUT2D eigenvalue weighted by molar-refractivity contribution is 9.10. The molecule has 0 aliphatic heterocycles. The Kier molecular flexibility index (Phi) is 3.40. The first kappa shape index (κ1) is 11.6. The van der Waals surface area contributed by atoms with Crippen molar-refractivity contribution in [3.8, 4) is 22.9 Å². The van der Waals surface area contributed by atoms with Crippen LogP contribution in [0.3, 0.4) is 0 Å². The number of hydrogen-bond acceptors (Lipinski definition) is 3. The van der Waals surface area contributed by atoms with Gasteiger partial charge in [0.05, 0.1) is 12.7 Å². The van der Waals surface area contributed by atoms with Gasteiger partial charge in [0.25, 0.3) is 0 Å². The molecule has 0 N–H and O–H groups in total. The van der Waals surface area contributed by atoms with Gasteiger partial charge >= 0.3 is 0 Å². The number of ether oxygens (including phenoxy) is 1. The smallest absolute Gasteiger partial charge is 0.126 e. The summed E-state index contributed by atoms with van der Waals surface area (Å²) in [7, 11) is 1.61. The largest absolute Gasteiger partial charge is 0.496 e. The Balaban J connectivity index is 2.68. The molecule has 1 aromatic heterocycles. The molecule has 3 nitrogen and oxygen atoms in total. The molecule has 0 saturated carbocycles. The minimum Gasteiger partial charge on any atom is -0.496 e. The Morgan fingerprint density at radius 2 is 2.12 bits per heavy atom. The average Bonchev–Trinajstić information content (AvgIpc) is 2.38. The van der Waals surface area contributed by atoms with Gasteiger partial charge in [0.15, 0.2) is 0 Å². The first-order valence-electron chi connectivity index (χ1n) is 4.94. The fraction of sp³-hybridized carbons (Fsp3) is 0.0769. The van der Waals surface area contributed by atoms with Gasteiger partial charge in [-0.3, -0.25) is 4.98 Å². The second-order valence-electron chi connectivity index (χ2n) is 3.38. The maximum atomic E-state index is 9.07. The zero-order valence-corrected chi connectivity index (χ0v) is 10.7. The molecule has 2 rings (SSSR count). The first-order valence-corrected chi connectivity index (χ1v) is 5.73. The van der Waals surface area contributed by atoms with Gasteiger partial charge in [-0.15, -0.1) is 0 Å². The van der Waals surface area contributed by atoms with Crippen LogP contribution in [0.5, 0.6) is 5.75 Å². The lowest BCUT2D eigenvalue weighted by molar-refractivity contribution is 0.416. The summed E-state index contributed by atoms with van der Waals surface area (Å²) in [5.74, 6) is 0.732. The third-order valence-corrected chi connectivity index (χ3v) is 2.89. The summed E-state index contributed by atoms with van der Waals surface area (Å²) >= 11 is 3.42. The molecule has 0 aliphatic carbocycles. The van der Waals surface area contributed by atoms with Crippen LogP contribution in [-0.4, -0.2) is 12.1 Å². The number of halogens is 1. The van der Waals surface area contributed by atoms with E-state index >= 15 is 0 Å². The van der Waals surface area contributed by atoms with Gasteiger partial charge in [0.2, 0.25) is 0 Å². The first-order chi connectivity index (χ1) is 8.26.